The molecule has 1 aromatic carbocycles. The summed E-state index contributed by atoms with van der Waals surface area (Å²) in [5, 5.41) is 10.3. The number of likely N-dealkylation sites (tertiary alicyclic amines) is 1. The maximum Gasteiger partial charge on any atom is 0.227 e. The van der Waals surface area contributed by atoms with E-state index in [0.717, 1.165) is 45.8 Å². The zero-order valence-corrected chi connectivity index (χ0v) is 18.9. The van der Waals surface area contributed by atoms with Crippen molar-refractivity contribution in [2.45, 2.75) is 38.8 Å². The van der Waals surface area contributed by atoms with Crippen LogP contribution in [-0.4, -0.2) is 65.6 Å². The molecule has 2 aliphatic rings. The van der Waals surface area contributed by atoms with Crippen LogP contribution in [0, 0.1) is 0 Å². The van der Waals surface area contributed by atoms with Crippen molar-refractivity contribution in [1.82, 2.24) is 14.7 Å². The lowest BCUT2D eigenvalue weighted by Crippen LogP contribution is -2.45. The van der Waals surface area contributed by atoms with E-state index in [-0.39, 0.29) is 11.2 Å². The fraction of sp³-hybridized carbons (Fsp3) is 0.500. The highest BCUT2D eigenvalue weighted by Crippen LogP contribution is 2.20. The molecule has 0 bridgehead atoms. The van der Waals surface area contributed by atoms with Crippen molar-refractivity contribution in [3.05, 3.63) is 69.8 Å². The van der Waals surface area contributed by atoms with E-state index in [1.54, 1.807) is 0 Å². The maximum atomic E-state index is 12.3. The van der Waals surface area contributed by atoms with E-state index in [2.05, 4.69) is 51.1 Å². The van der Waals surface area contributed by atoms with Crippen LogP contribution in [0.4, 0.5) is 0 Å². The molecule has 1 N–H and O–H groups in total. The van der Waals surface area contributed by atoms with Gasteiger partial charge in [-0.25, -0.2) is 0 Å². The van der Waals surface area contributed by atoms with Crippen LogP contribution < -0.4 is 5.43 Å². The van der Waals surface area contributed by atoms with Gasteiger partial charge in [-0.3, -0.25) is 19.5 Å². The van der Waals surface area contributed by atoms with Gasteiger partial charge in [0.05, 0.1) is 13.1 Å². The molecule has 0 radical (unpaired) electrons. The number of rotatable bonds is 7. The lowest BCUT2D eigenvalue weighted by molar-refractivity contribution is 0.125. The summed E-state index contributed by atoms with van der Waals surface area (Å²) in [4.78, 5) is 19.4. The summed E-state index contributed by atoms with van der Waals surface area (Å²) >= 11 is 0. The van der Waals surface area contributed by atoms with Crippen molar-refractivity contribution in [2.24, 2.45) is 0 Å². The van der Waals surface area contributed by atoms with Crippen molar-refractivity contribution in [2.75, 3.05) is 45.8 Å². The minimum absolute atomic E-state index is 0.238. The number of aromatic hydroxyl groups is 1. The highest BCUT2D eigenvalue weighted by atomic mass is 16.4. The van der Waals surface area contributed by atoms with E-state index in [0.29, 0.717) is 24.6 Å². The van der Waals surface area contributed by atoms with Crippen LogP contribution in [0.1, 0.15) is 42.8 Å². The average molecular weight is 438 g/mol. The molecule has 172 valence electrons. The Balaban J connectivity index is 1.29. The van der Waals surface area contributed by atoms with Crippen molar-refractivity contribution < 1.29 is 9.52 Å². The smallest absolute Gasteiger partial charge is 0.227 e. The second kappa shape index (κ2) is 11.5. The highest BCUT2D eigenvalue weighted by molar-refractivity contribution is 5.48. The summed E-state index contributed by atoms with van der Waals surface area (Å²) in [7, 11) is 0. The van der Waals surface area contributed by atoms with Crippen LogP contribution in [0.3, 0.4) is 0 Å². The quantitative estimate of drug-likeness (QED) is 0.715. The Labute approximate surface area is 190 Å². The van der Waals surface area contributed by atoms with E-state index in [1.165, 1.54) is 37.3 Å². The molecule has 2 aromatic rings. The average Bonchev–Trinajstić information content (AvgIpc) is 3.08. The molecule has 6 nitrogen and oxygen atoms in total. The molecular formula is C26H35N3O3. The zero-order valence-electron chi connectivity index (χ0n) is 18.9. The molecule has 4 rings (SSSR count). The Morgan fingerprint density at radius 3 is 2.22 bits per heavy atom. The van der Waals surface area contributed by atoms with Gasteiger partial charge in [-0.15, -0.1) is 0 Å². The lowest BCUT2D eigenvalue weighted by atomic mass is 10.2. The molecule has 0 aliphatic carbocycles. The Bertz CT molecular complexity index is 925. The van der Waals surface area contributed by atoms with Crippen LogP contribution >= 0.6 is 0 Å². The third-order valence-electron chi connectivity index (χ3n) is 6.43. The molecule has 0 spiro atoms. The first kappa shape index (κ1) is 22.8. The zero-order chi connectivity index (χ0) is 22.2. The van der Waals surface area contributed by atoms with E-state index in [4.69, 9.17) is 4.42 Å². The van der Waals surface area contributed by atoms with Gasteiger partial charge in [0, 0.05) is 38.8 Å². The molecule has 2 aliphatic heterocycles. The van der Waals surface area contributed by atoms with Gasteiger partial charge in [0.2, 0.25) is 11.2 Å². The van der Waals surface area contributed by atoms with Crippen molar-refractivity contribution in [1.29, 1.82) is 0 Å². The fourth-order valence-electron chi connectivity index (χ4n) is 4.52. The summed E-state index contributed by atoms with van der Waals surface area (Å²) in [6, 6.07) is 11.8. The Kier molecular flexibility index (Phi) is 8.15. The minimum Gasteiger partial charge on any atom is -0.502 e. The van der Waals surface area contributed by atoms with Crippen LogP contribution in [0.2, 0.25) is 0 Å². The normalized spacial score (nSPS) is 19.4. The molecule has 3 heterocycles. The second-order valence-electron chi connectivity index (χ2n) is 8.93. The van der Waals surface area contributed by atoms with Gasteiger partial charge in [0.15, 0.2) is 5.76 Å². The number of hydrogen-bond acceptors (Lipinski definition) is 6. The molecule has 2 fully saturated rings. The van der Waals surface area contributed by atoms with Crippen LogP contribution in [0.15, 0.2) is 51.7 Å². The first-order chi connectivity index (χ1) is 15.7. The Morgan fingerprint density at radius 1 is 0.844 bits per heavy atom. The predicted molar refractivity (Wildman–Crippen MR) is 128 cm³/mol. The molecule has 1 aromatic heterocycles. The third-order valence-corrected chi connectivity index (χ3v) is 6.43. The summed E-state index contributed by atoms with van der Waals surface area (Å²) in [6.45, 7) is 7.81. The van der Waals surface area contributed by atoms with Gasteiger partial charge >= 0.3 is 0 Å². The molecule has 0 unspecified atom stereocenters. The molecule has 2 saturated heterocycles. The van der Waals surface area contributed by atoms with Crippen molar-refractivity contribution in [3.8, 4) is 5.75 Å². The van der Waals surface area contributed by atoms with Gasteiger partial charge in [0.25, 0.3) is 0 Å². The van der Waals surface area contributed by atoms with E-state index < -0.39 is 0 Å². The topological polar surface area (TPSA) is 60.2 Å². The SMILES string of the molecule is O=c1cc(CN2CCCCCC2)oc(CN2CCN(CC=Cc3ccccc3)CC2)c1O. The number of benzene rings is 1. The monoisotopic (exact) mass is 437 g/mol. The van der Waals surface area contributed by atoms with Gasteiger partial charge in [0.1, 0.15) is 5.76 Å². The van der Waals surface area contributed by atoms with Gasteiger partial charge in [-0.2, -0.15) is 0 Å². The van der Waals surface area contributed by atoms with Crippen LogP contribution in [0.25, 0.3) is 6.08 Å². The number of nitrogens with zero attached hydrogens (tertiary/aromatic N) is 3. The maximum absolute atomic E-state index is 12.3. The van der Waals surface area contributed by atoms with Crippen molar-refractivity contribution >= 4 is 6.08 Å². The standard InChI is InChI=1S/C26H35N3O3/c30-24-19-23(20-28-12-6-1-2-7-13-28)32-25(26(24)31)21-29-17-15-27(16-18-29)14-8-11-22-9-4-3-5-10-22/h3-5,8-11,19,31H,1-2,6-7,12-18,20-21H2. The molecule has 32 heavy (non-hydrogen) atoms. The highest BCUT2D eigenvalue weighted by Gasteiger charge is 2.21. The lowest BCUT2D eigenvalue weighted by Gasteiger charge is -2.33. The summed E-state index contributed by atoms with van der Waals surface area (Å²) < 4.78 is 6.02. The van der Waals surface area contributed by atoms with E-state index in [9.17, 15) is 9.90 Å². The first-order valence-electron chi connectivity index (χ1n) is 11.9. The third kappa shape index (κ3) is 6.55. The van der Waals surface area contributed by atoms with E-state index in [1.807, 2.05) is 6.07 Å². The fourth-order valence-corrected chi connectivity index (χ4v) is 4.52. The number of hydrogen-bond donors (Lipinski definition) is 1. The second-order valence-corrected chi connectivity index (χ2v) is 8.93. The summed E-state index contributed by atoms with van der Waals surface area (Å²) in [5.74, 6) is 0.826. The summed E-state index contributed by atoms with van der Waals surface area (Å²) in [5.41, 5.74) is 0.887. The molecular weight excluding hydrogens is 402 g/mol. The largest absolute Gasteiger partial charge is 0.502 e. The minimum atomic E-state index is -0.333. The van der Waals surface area contributed by atoms with Crippen molar-refractivity contribution in [3.63, 3.8) is 0 Å². The van der Waals surface area contributed by atoms with Gasteiger partial charge in [-0.1, -0.05) is 55.3 Å². The Morgan fingerprint density at radius 2 is 1.50 bits per heavy atom. The first-order valence-corrected chi connectivity index (χ1v) is 11.9. The molecule has 6 heteroatoms. The molecule has 0 saturated carbocycles. The Hall–Kier alpha value is -2.41. The number of piperazine rings is 1. The van der Waals surface area contributed by atoms with Gasteiger partial charge in [-0.05, 0) is 31.5 Å². The van der Waals surface area contributed by atoms with E-state index >= 15 is 0 Å². The van der Waals surface area contributed by atoms with Gasteiger partial charge < -0.3 is 9.52 Å². The predicted octanol–water partition coefficient (Wildman–Crippen LogP) is 3.55. The molecule has 0 amide bonds. The van der Waals surface area contributed by atoms with Crippen LogP contribution in [0.5, 0.6) is 5.75 Å². The van der Waals surface area contributed by atoms with Crippen LogP contribution in [-0.2, 0) is 13.1 Å². The summed E-state index contributed by atoms with van der Waals surface area (Å²) in [6.07, 6.45) is 9.31. The molecule has 0 atom stereocenters.